The summed E-state index contributed by atoms with van der Waals surface area (Å²) in [6, 6.07) is 3.40. The van der Waals surface area contributed by atoms with Gasteiger partial charge in [0.05, 0.1) is 0 Å². The molecule has 0 fully saturated rings. The van der Waals surface area contributed by atoms with Crippen molar-refractivity contribution in [2.75, 3.05) is 0 Å². The van der Waals surface area contributed by atoms with Gasteiger partial charge in [-0.15, -0.1) is 4.91 Å². The Kier molecular flexibility index (Phi) is 4.09. The van der Waals surface area contributed by atoms with Crippen LogP contribution in [-0.2, 0) is 22.6 Å². The Balaban J connectivity index is 2.39. The smallest absolute Gasteiger partial charge is 0.388 e. The summed E-state index contributed by atoms with van der Waals surface area (Å²) in [4.78, 5) is 25.2. The van der Waals surface area contributed by atoms with Gasteiger partial charge in [0, 0.05) is 10.1 Å². The number of nitroso groups, excluding NO2 is 1. The van der Waals surface area contributed by atoms with Gasteiger partial charge in [0.25, 0.3) is 0 Å². The van der Waals surface area contributed by atoms with Crippen LogP contribution in [0.4, 0.5) is 10.2 Å². The highest BCUT2D eigenvalue weighted by Gasteiger charge is 2.30. The number of benzene rings is 1. The van der Waals surface area contributed by atoms with Crippen LogP contribution in [0.3, 0.4) is 0 Å². The molecule has 0 N–H and O–H groups in total. The monoisotopic (exact) mass is 267 g/mol. The van der Waals surface area contributed by atoms with Crippen LogP contribution in [0.25, 0.3) is 0 Å². The minimum atomic E-state index is -1.04. The van der Waals surface area contributed by atoms with E-state index in [9.17, 15) is 14.2 Å². The van der Waals surface area contributed by atoms with E-state index in [0.717, 1.165) is 12.0 Å². The second kappa shape index (κ2) is 5.77. The van der Waals surface area contributed by atoms with Gasteiger partial charge in [-0.1, -0.05) is 19.4 Å². The average molecular weight is 267 g/mol. The van der Waals surface area contributed by atoms with Gasteiger partial charge in [0.15, 0.2) is 6.10 Å². The van der Waals surface area contributed by atoms with Crippen molar-refractivity contribution in [1.29, 1.82) is 0 Å². The van der Waals surface area contributed by atoms with E-state index >= 15 is 0 Å². The third-order valence-electron chi connectivity index (χ3n) is 3.19. The first-order chi connectivity index (χ1) is 9.21. The maximum Gasteiger partial charge on any atom is 0.388 e. The van der Waals surface area contributed by atoms with Crippen molar-refractivity contribution in [1.82, 2.24) is 0 Å². The summed E-state index contributed by atoms with van der Waals surface area (Å²) in [7, 11) is 0. The highest BCUT2D eigenvalue weighted by Crippen LogP contribution is 2.38. The van der Waals surface area contributed by atoms with Crippen LogP contribution in [-0.4, -0.2) is 12.1 Å². The summed E-state index contributed by atoms with van der Waals surface area (Å²) < 4.78 is 17.4. The summed E-state index contributed by atoms with van der Waals surface area (Å²) in [5.74, 6) is -0.571. The molecule has 0 saturated carbocycles. The molecule has 0 saturated heterocycles. The van der Waals surface area contributed by atoms with Crippen LogP contribution < -0.4 is 4.74 Å². The molecule has 19 heavy (non-hydrogen) atoms. The lowest BCUT2D eigenvalue weighted by Crippen LogP contribution is -2.32. The third kappa shape index (κ3) is 2.57. The Hall–Kier alpha value is -1.98. The van der Waals surface area contributed by atoms with Crippen molar-refractivity contribution in [2.45, 2.75) is 38.7 Å². The molecule has 0 aliphatic carbocycles. The fourth-order valence-electron chi connectivity index (χ4n) is 2.29. The molecule has 0 aromatic heterocycles. The van der Waals surface area contributed by atoms with Crippen LogP contribution in [0.2, 0.25) is 0 Å². The molecule has 1 atom stereocenters. The molecule has 0 spiro atoms. The third-order valence-corrected chi connectivity index (χ3v) is 3.19. The van der Waals surface area contributed by atoms with Crippen molar-refractivity contribution in [3.8, 4) is 5.75 Å². The quantitative estimate of drug-likeness (QED) is 0.786. The number of carbonyl (C=O) groups excluding carboxylic acids is 1. The van der Waals surface area contributed by atoms with Gasteiger partial charge in [0.1, 0.15) is 11.4 Å². The van der Waals surface area contributed by atoms with E-state index in [1.165, 1.54) is 0 Å². The number of fused-ring (bicyclic) bond motifs is 1. The van der Waals surface area contributed by atoms with Gasteiger partial charge in [-0.05, 0) is 36.1 Å². The number of hydrogen-bond donors (Lipinski definition) is 0. The van der Waals surface area contributed by atoms with E-state index in [1.54, 1.807) is 12.1 Å². The Morgan fingerprint density at radius 2 is 2.37 bits per heavy atom. The highest BCUT2D eigenvalue weighted by atomic mass is 19.3. The van der Waals surface area contributed by atoms with Crippen LogP contribution in [0.5, 0.6) is 5.75 Å². The summed E-state index contributed by atoms with van der Waals surface area (Å²) in [6.45, 7) is 1.96. The zero-order valence-corrected chi connectivity index (χ0v) is 10.5. The Morgan fingerprint density at radius 1 is 1.58 bits per heavy atom. The van der Waals surface area contributed by atoms with Crippen LogP contribution in [0.1, 0.15) is 30.9 Å². The molecular formula is C13H14FNO4. The van der Waals surface area contributed by atoms with Gasteiger partial charge in [-0.25, -0.2) is 4.79 Å². The summed E-state index contributed by atoms with van der Waals surface area (Å²) in [5, 5.41) is 2.97. The van der Waals surface area contributed by atoms with Crippen LogP contribution >= 0.6 is 0 Å². The van der Waals surface area contributed by atoms with E-state index in [-0.39, 0.29) is 0 Å². The first-order valence-electron chi connectivity index (χ1n) is 6.18. The van der Waals surface area contributed by atoms with Crippen LogP contribution in [0, 0.1) is 4.91 Å². The second-order valence-electron chi connectivity index (χ2n) is 4.43. The normalized spacial score (nSPS) is 17.3. The van der Waals surface area contributed by atoms with Crippen molar-refractivity contribution in [2.24, 2.45) is 5.18 Å². The molecule has 1 unspecified atom stereocenters. The average Bonchev–Trinajstić information content (AvgIpc) is 2.46. The molecule has 1 aromatic rings. The van der Waals surface area contributed by atoms with E-state index < -0.39 is 12.1 Å². The van der Waals surface area contributed by atoms with E-state index in [2.05, 4.69) is 10.1 Å². The molecular weight excluding hydrogens is 253 g/mol. The zero-order valence-electron chi connectivity index (χ0n) is 10.5. The fraction of sp³-hybridized carbons (Fsp3) is 0.462. The van der Waals surface area contributed by atoms with Crippen LogP contribution in [0.15, 0.2) is 17.3 Å². The zero-order chi connectivity index (χ0) is 13.8. The fourth-order valence-corrected chi connectivity index (χ4v) is 2.29. The van der Waals surface area contributed by atoms with E-state index in [4.69, 9.17) is 4.74 Å². The molecule has 0 radical (unpaired) electrons. The summed E-state index contributed by atoms with van der Waals surface area (Å²) in [5.41, 5.74) is 1.87. The minimum Gasteiger partial charge on any atom is -0.478 e. The lowest BCUT2D eigenvalue weighted by molar-refractivity contribution is -0.193. The Labute approximate surface area is 109 Å². The number of ether oxygens (including phenoxy) is 1. The summed E-state index contributed by atoms with van der Waals surface area (Å²) >= 11 is 0. The number of aryl methyl sites for hydroxylation is 1. The Morgan fingerprint density at radius 3 is 3.00 bits per heavy atom. The van der Waals surface area contributed by atoms with E-state index in [1.807, 2.05) is 6.92 Å². The topological polar surface area (TPSA) is 65.0 Å². The highest BCUT2D eigenvalue weighted by molar-refractivity contribution is 5.75. The lowest BCUT2D eigenvalue weighted by Gasteiger charge is -2.25. The maximum atomic E-state index is 11.9. The lowest BCUT2D eigenvalue weighted by atomic mass is 9.96. The van der Waals surface area contributed by atoms with Gasteiger partial charge in [-0.3, -0.25) is 4.94 Å². The molecule has 5 nitrogen and oxygen atoms in total. The molecule has 2 rings (SSSR count). The van der Waals surface area contributed by atoms with Gasteiger partial charge in [-0.2, -0.15) is 0 Å². The summed E-state index contributed by atoms with van der Waals surface area (Å²) in [6.07, 6.45) is 1.39. The molecule has 6 heteroatoms. The predicted octanol–water partition coefficient (Wildman–Crippen LogP) is 3.16. The van der Waals surface area contributed by atoms with Gasteiger partial charge >= 0.3 is 5.97 Å². The van der Waals surface area contributed by atoms with Crippen molar-refractivity contribution in [3.05, 3.63) is 28.2 Å². The molecule has 1 aromatic carbocycles. The number of halogens is 1. The molecule has 102 valence electrons. The SMILES string of the molecule is CCCc1c(N=O)ccc2c1OC(C(=O)OF)CC2. The molecule has 1 aliphatic rings. The first-order valence-corrected chi connectivity index (χ1v) is 6.18. The largest absolute Gasteiger partial charge is 0.478 e. The molecule has 0 amide bonds. The number of hydrogen-bond acceptors (Lipinski definition) is 5. The van der Waals surface area contributed by atoms with Gasteiger partial charge < -0.3 is 4.74 Å². The first kappa shape index (κ1) is 13.5. The van der Waals surface area contributed by atoms with E-state index in [0.29, 0.717) is 36.3 Å². The number of rotatable bonds is 4. The number of carbonyl (C=O) groups is 1. The maximum absolute atomic E-state index is 11.9. The standard InChI is InChI=1S/C13H14FNO4/c1-2-3-9-10(15-17)6-4-8-5-7-11(13(16)19-14)18-12(8)9/h4,6,11H,2-3,5,7H2,1H3. The molecule has 0 bridgehead atoms. The van der Waals surface area contributed by atoms with Crippen molar-refractivity contribution in [3.63, 3.8) is 0 Å². The molecule has 1 aliphatic heterocycles. The number of nitrogens with zero attached hydrogens (tertiary/aromatic N) is 1. The minimum absolute atomic E-state index is 0.301. The van der Waals surface area contributed by atoms with Crippen molar-refractivity contribution < 1.29 is 19.0 Å². The molecule has 1 heterocycles. The predicted molar refractivity (Wildman–Crippen MR) is 65.8 cm³/mol. The Bertz CT molecular complexity index is 504. The second-order valence-corrected chi connectivity index (χ2v) is 4.43. The van der Waals surface area contributed by atoms with Gasteiger partial charge in [0.2, 0.25) is 0 Å². The van der Waals surface area contributed by atoms with Crippen molar-refractivity contribution >= 4 is 11.7 Å².